The fourth-order valence-electron chi connectivity index (χ4n) is 1.30. The van der Waals surface area contributed by atoms with Crippen molar-refractivity contribution in [2.24, 2.45) is 0 Å². The monoisotopic (exact) mass is 218 g/mol. The molecule has 1 aliphatic carbocycles. The second-order valence-electron chi connectivity index (χ2n) is 4.11. The molecule has 0 aromatic carbocycles. The van der Waals surface area contributed by atoms with Gasteiger partial charge in [0, 0.05) is 6.07 Å². The smallest absolute Gasteiger partial charge is 0.182 e. The van der Waals surface area contributed by atoms with Crippen molar-refractivity contribution in [1.29, 1.82) is 5.26 Å². The van der Waals surface area contributed by atoms with Crippen LogP contribution in [-0.2, 0) is 0 Å². The van der Waals surface area contributed by atoms with Gasteiger partial charge < -0.3 is 9.47 Å². The standard InChI is InChI=1S/C12H14N2O2/c1-8(2)15-10-5-12(16-9-3-4-9)11(6-13)14-7-10/h5,7-9H,3-4H2,1-2H3. The van der Waals surface area contributed by atoms with Crippen LogP contribution in [0.1, 0.15) is 32.4 Å². The van der Waals surface area contributed by atoms with Gasteiger partial charge in [0.15, 0.2) is 11.4 Å². The van der Waals surface area contributed by atoms with E-state index < -0.39 is 0 Å². The van der Waals surface area contributed by atoms with Gasteiger partial charge in [-0.25, -0.2) is 4.98 Å². The molecule has 0 spiro atoms. The molecule has 1 saturated carbocycles. The third-order valence-corrected chi connectivity index (χ3v) is 2.12. The topological polar surface area (TPSA) is 55.1 Å². The molecule has 1 aromatic heterocycles. The van der Waals surface area contributed by atoms with Gasteiger partial charge in [0.1, 0.15) is 11.8 Å². The minimum Gasteiger partial charge on any atom is -0.489 e. The SMILES string of the molecule is CC(C)Oc1cnc(C#N)c(OC2CC2)c1. The Bertz CT molecular complexity index is 420. The number of hydrogen-bond acceptors (Lipinski definition) is 4. The van der Waals surface area contributed by atoms with Crippen molar-refractivity contribution in [1.82, 2.24) is 4.98 Å². The maximum atomic E-state index is 8.89. The van der Waals surface area contributed by atoms with Crippen molar-refractivity contribution in [2.45, 2.75) is 38.9 Å². The summed E-state index contributed by atoms with van der Waals surface area (Å²) < 4.78 is 11.1. The molecule has 1 fully saturated rings. The normalized spacial score (nSPS) is 14.6. The van der Waals surface area contributed by atoms with Crippen LogP contribution in [0.25, 0.3) is 0 Å². The van der Waals surface area contributed by atoms with Crippen molar-refractivity contribution < 1.29 is 9.47 Å². The van der Waals surface area contributed by atoms with Crippen LogP contribution < -0.4 is 9.47 Å². The van der Waals surface area contributed by atoms with E-state index in [-0.39, 0.29) is 12.2 Å². The third kappa shape index (κ3) is 2.63. The summed E-state index contributed by atoms with van der Waals surface area (Å²) in [5.41, 5.74) is 0.322. The summed E-state index contributed by atoms with van der Waals surface area (Å²) in [4.78, 5) is 4.02. The summed E-state index contributed by atoms with van der Waals surface area (Å²) in [6, 6.07) is 3.76. The maximum absolute atomic E-state index is 8.89. The molecule has 0 bridgehead atoms. The Morgan fingerprint density at radius 3 is 2.81 bits per heavy atom. The van der Waals surface area contributed by atoms with Gasteiger partial charge in [0.2, 0.25) is 0 Å². The number of hydrogen-bond donors (Lipinski definition) is 0. The lowest BCUT2D eigenvalue weighted by Crippen LogP contribution is -2.07. The lowest BCUT2D eigenvalue weighted by Gasteiger charge is -2.11. The van der Waals surface area contributed by atoms with Crippen LogP contribution in [0.5, 0.6) is 11.5 Å². The Labute approximate surface area is 94.8 Å². The van der Waals surface area contributed by atoms with E-state index in [0.717, 1.165) is 12.8 Å². The zero-order valence-electron chi connectivity index (χ0n) is 9.43. The Hall–Kier alpha value is -1.76. The molecule has 0 aliphatic heterocycles. The van der Waals surface area contributed by atoms with E-state index >= 15 is 0 Å². The number of ether oxygens (including phenoxy) is 2. The maximum Gasteiger partial charge on any atom is 0.182 e. The van der Waals surface area contributed by atoms with Crippen LogP contribution in [0.4, 0.5) is 0 Å². The molecule has 16 heavy (non-hydrogen) atoms. The van der Waals surface area contributed by atoms with Gasteiger partial charge >= 0.3 is 0 Å². The molecule has 1 aromatic rings. The van der Waals surface area contributed by atoms with Crippen LogP contribution in [-0.4, -0.2) is 17.2 Å². The molecule has 1 heterocycles. The summed E-state index contributed by atoms with van der Waals surface area (Å²) >= 11 is 0. The van der Waals surface area contributed by atoms with E-state index in [0.29, 0.717) is 17.2 Å². The minimum atomic E-state index is 0.0866. The quantitative estimate of drug-likeness (QED) is 0.778. The van der Waals surface area contributed by atoms with Gasteiger partial charge in [0.05, 0.1) is 18.4 Å². The van der Waals surface area contributed by atoms with E-state index in [1.807, 2.05) is 19.9 Å². The summed E-state index contributed by atoms with van der Waals surface area (Å²) in [5, 5.41) is 8.89. The van der Waals surface area contributed by atoms with Crippen LogP contribution >= 0.6 is 0 Å². The Morgan fingerprint density at radius 2 is 2.25 bits per heavy atom. The Morgan fingerprint density at radius 1 is 1.50 bits per heavy atom. The van der Waals surface area contributed by atoms with Crippen molar-refractivity contribution >= 4 is 0 Å². The van der Waals surface area contributed by atoms with Gasteiger partial charge in [-0.05, 0) is 26.7 Å². The summed E-state index contributed by atoms with van der Waals surface area (Å²) in [7, 11) is 0. The van der Waals surface area contributed by atoms with Crippen LogP contribution in [0, 0.1) is 11.3 Å². The first kappa shape index (κ1) is 10.7. The molecule has 0 atom stereocenters. The van der Waals surface area contributed by atoms with Gasteiger partial charge in [-0.3, -0.25) is 0 Å². The Balaban J connectivity index is 2.20. The third-order valence-electron chi connectivity index (χ3n) is 2.12. The van der Waals surface area contributed by atoms with E-state index in [1.54, 1.807) is 12.3 Å². The molecule has 0 saturated heterocycles. The van der Waals surface area contributed by atoms with Crippen LogP contribution in [0.3, 0.4) is 0 Å². The predicted molar refractivity (Wildman–Crippen MR) is 58.4 cm³/mol. The summed E-state index contributed by atoms with van der Waals surface area (Å²) in [6.45, 7) is 3.89. The fraction of sp³-hybridized carbons (Fsp3) is 0.500. The van der Waals surface area contributed by atoms with E-state index in [4.69, 9.17) is 14.7 Å². The van der Waals surface area contributed by atoms with Crippen molar-refractivity contribution in [3.8, 4) is 17.6 Å². The van der Waals surface area contributed by atoms with E-state index in [1.165, 1.54) is 0 Å². The van der Waals surface area contributed by atoms with Gasteiger partial charge in [-0.15, -0.1) is 0 Å². The number of nitriles is 1. The molecule has 4 heteroatoms. The largest absolute Gasteiger partial charge is 0.489 e. The van der Waals surface area contributed by atoms with Crippen LogP contribution in [0.2, 0.25) is 0 Å². The van der Waals surface area contributed by atoms with Gasteiger partial charge in [0.25, 0.3) is 0 Å². The van der Waals surface area contributed by atoms with Gasteiger partial charge in [-0.1, -0.05) is 0 Å². The molecule has 0 unspecified atom stereocenters. The average Bonchev–Trinajstić information content (AvgIpc) is 3.01. The summed E-state index contributed by atoms with van der Waals surface area (Å²) in [6.07, 6.45) is 4.00. The number of pyridine rings is 1. The number of aromatic nitrogens is 1. The van der Waals surface area contributed by atoms with Crippen molar-refractivity contribution in [3.05, 3.63) is 18.0 Å². The highest BCUT2D eigenvalue weighted by Crippen LogP contribution is 2.30. The molecular weight excluding hydrogens is 204 g/mol. The second-order valence-corrected chi connectivity index (χ2v) is 4.11. The molecule has 0 amide bonds. The molecule has 84 valence electrons. The van der Waals surface area contributed by atoms with E-state index in [2.05, 4.69) is 4.98 Å². The minimum absolute atomic E-state index is 0.0866. The van der Waals surface area contributed by atoms with Crippen molar-refractivity contribution in [3.63, 3.8) is 0 Å². The lowest BCUT2D eigenvalue weighted by atomic mass is 10.3. The zero-order chi connectivity index (χ0) is 11.5. The highest BCUT2D eigenvalue weighted by atomic mass is 16.5. The van der Waals surface area contributed by atoms with Crippen LogP contribution in [0.15, 0.2) is 12.3 Å². The fourth-order valence-corrected chi connectivity index (χ4v) is 1.30. The Kier molecular flexibility index (Phi) is 2.95. The molecule has 4 nitrogen and oxygen atoms in total. The number of rotatable bonds is 4. The predicted octanol–water partition coefficient (Wildman–Crippen LogP) is 2.28. The van der Waals surface area contributed by atoms with E-state index in [9.17, 15) is 0 Å². The van der Waals surface area contributed by atoms with Gasteiger partial charge in [-0.2, -0.15) is 5.26 Å². The first-order valence-electron chi connectivity index (χ1n) is 5.42. The summed E-state index contributed by atoms with van der Waals surface area (Å²) in [5.74, 6) is 1.17. The highest BCUT2D eigenvalue weighted by Gasteiger charge is 2.25. The molecule has 0 N–H and O–H groups in total. The molecule has 2 rings (SSSR count). The highest BCUT2D eigenvalue weighted by molar-refractivity contribution is 5.42. The molecule has 0 radical (unpaired) electrons. The molecule has 1 aliphatic rings. The second kappa shape index (κ2) is 4.40. The average molecular weight is 218 g/mol. The lowest BCUT2D eigenvalue weighted by molar-refractivity contribution is 0.238. The number of nitrogens with zero attached hydrogens (tertiary/aromatic N) is 2. The van der Waals surface area contributed by atoms with Crippen molar-refractivity contribution in [2.75, 3.05) is 0 Å². The zero-order valence-corrected chi connectivity index (χ0v) is 9.43. The molecular formula is C12H14N2O2. The first-order valence-corrected chi connectivity index (χ1v) is 5.42. The first-order chi connectivity index (χ1) is 7.69.